The first kappa shape index (κ1) is 20.8. The number of halogens is 2. The molecule has 0 saturated carbocycles. The van der Waals surface area contributed by atoms with E-state index < -0.39 is 0 Å². The lowest BCUT2D eigenvalue weighted by Crippen LogP contribution is -2.14. The Morgan fingerprint density at radius 2 is 1.96 bits per heavy atom. The average molecular weight is 498 g/mol. The molecular formula is C18H14BrClN4O2S2. The van der Waals surface area contributed by atoms with Gasteiger partial charge in [-0.05, 0) is 36.8 Å². The van der Waals surface area contributed by atoms with Crippen molar-refractivity contribution in [3.8, 4) is 0 Å². The van der Waals surface area contributed by atoms with Gasteiger partial charge < -0.3 is 5.32 Å². The number of carbonyl (C=O) groups is 2. The van der Waals surface area contributed by atoms with Crippen LogP contribution in [0.5, 0.6) is 0 Å². The zero-order valence-electron chi connectivity index (χ0n) is 14.5. The second-order valence-electron chi connectivity index (χ2n) is 5.60. The number of para-hydroxylation sites is 1. The SMILES string of the molecule is Cc1ccccc1NC(=O)CSc1nnc(NC(=O)c2cc(Br)ccc2Cl)s1. The Morgan fingerprint density at radius 3 is 2.75 bits per heavy atom. The standard InChI is InChI=1S/C18H14BrClN4O2S2/c1-10-4-2-3-5-14(10)21-15(25)9-27-18-24-23-17(28-18)22-16(26)12-8-11(19)6-7-13(12)20/h2-8H,9H2,1H3,(H,21,25)(H,22,23,26). The number of aryl methyl sites for hydroxylation is 1. The first-order valence-electron chi connectivity index (χ1n) is 8.00. The minimum absolute atomic E-state index is 0.138. The highest BCUT2D eigenvalue weighted by Crippen LogP contribution is 2.27. The van der Waals surface area contributed by atoms with Crippen molar-refractivity contribution in [2.75, 3.05) is 16.4 Å². The Balaban J connectivity index is 1.55. The Hall–Kier alpha value is -1.94. The smallest absolute Gasteiger partial charge is 0.259 e. The van der Waals surface area contributed by atoms with E-state index in [1.807, 2.05) is 31.2 Å². The molecule has 144 valence electrons. The number of anilines is 2. The van der Waals surface area contributed by atoms with Crippen LogP contribution in [0, 0.1) is 6.92 Å². The maximum atomic E-state index is 12.3. The molecule has 0 atom stereocenters. The van der Waals surface area contributed by atoms with Gasteiger partial charge in [-0.15, -0.1) is 10.2 Å². The normalized spacial score (nSPS) is 10.5. The predicted molar refractivity (Wildman–Crippen MR) is 118 cm³/mol. The first-order valence-corrected chi connectivity index (χ1v) is 11.0. The molecule has 0 fully saturated rings. The highest BCUT2D eigenvalue weighted by Gasteiger charge is 2.15. The van der Waals surface area contributed by atoms with Crippen LogP contribution in [-0.4, -0.2) is 27.8 Å². The molecule has 1 heterocycles. The van der Waals surface area contributed by atoms with Crippen molar-refractivity contribution in [3.63, 3.8) is 0 Å². The Bertz CT molecular complexity index is 1030. The number of rotatable bonds is 6. The van der Waals surface area contributed by atoms with Crippen molar-refractivity contribution in [3.05, 3.63) is 63.1 Å². The number of thioether (sulfide) groups is 1. The highest BCUT2D eigenvalue weighted by atomic mass is 79.9. The van der Waals surface area contributed by atoms with Crippen molar-refractivity contribution in [1.82, 2.24) is 10.2 Å². The van der Waals surface area contributed by atoms with Gasteiger partial charge in [0, 0.05) is 10.2 Å². The fourth-order valence-corrected chi connectivity index (χ4v) is 4.29. The number of nitrogens with one attached hydrogen (secondary N) is 2. The van der Waals surface area contributed by atoms with E-state index >= 15 is 0 Å². The molecule has 3 rings (SSSR count). The maximum Gasteiger partial charge on any atom is 0.259 e. The first-order chi connectivity index (χ1) is 13.4. The van der Waals surface area contributed by atoms with Gasteiger partial charge in [0.25, 0.3) is 5.91 Å². The number of nitrogens with zero attached hydrogens (tertiary/aromatic N) is 2. The molecule has 1 aromatic heterocycles. The molecule has 0 bridgehead atoms. The van der Waals surface area contributed by atoms with E-state index in [1.165, 1.54) is 23.1 Å². The summed E-state index contributed by atoms with van der Waals surface area (Å²) in [6.07, 6.45) is 0. The van der Waals surface area contributed by atoms with Crippen LogP contribution in [0.3, 0.4) is 0 Å². The highest BCUT2D eigenvalue weighted by molar-refractivity contribution is 9.10. The lowest BCUT2D eigenvalue weighted by Gasteiger charge is -2.06. The van der Waals surface area contributed by atoms with E-state index in [9.17, 15) is 9.59 Å². The van der Waals surface area contributed by atoms with Crippen LogP contribution >= 0.6 is 50.6 Å². The number of hydrogen-bond acceptors (Lipinski definition) is 6. The van der Waals surface area contributed by atoms with Gasteiger partial charge in [-0.1, -0.05) is 68.8 Å². The summed E-state index contributed by atoms with van der Waals surface area (Å²) in [5.74, 6) is -0.328. The molecule has 0 unspecified atom stereocenters. The molecule has 0 saturated heterocycles. The van der Waals surface area contributed by atoms with Crippen molar-refractivity contribution < 1.29 is 9.59 Å². The molecule has 0 aliphatic heterocycles. The number of benzene rings is 2. The molecule has 2 N–H and O–H groups in total. The van der Waals surface area contributed by atoms with Crippen LogP contribution in [0.15, 0.2) is 51.3 Å². The van der Waals surface area contributed by atoms with Gasteiger partial charge >= 0.3 is 0 Å². The van der Waals surface area contributed by atoms with Crippen LogP contribution in [0.25, 0.3) is 0 Å². The second-order valence-corrected chi connectivity index (χ2v) is 9.13. The summed E-state index contributed by atoms with van der Waals surface area (Å²) in [4.78, 5) is 24.5. The third kappa shape index (κ3) is 5.54. The quantitative estimate of drug-likeness (QED) is 0.359. The lowest BCUT2D eigenvalue weighted by atomic mass is 10.2. The number of carbonyl (C=O) groups excluding carboxylic acids is 2. The predicted octanol–water partition coefficient (Wildman–Crippen LogP) is 5.25. The summed E-state index contributed by atoms with van der Waals surface area (Å²) in [6.45, 7) is 1.93. The zero-order chi connectivity index (χ0) is 20.1. The van der Waals surface area contributed by atoms with Gasteiger partial charge in [0.05, 0.1) is 16.3 Å². The lowest BCUT2D eigenvalue weighted by molar-refractivity contribution is -0.113. The van der Waals surface area contributed by atoms with Gasteiger partial charge in [0.15, 0.2) is 4.34 Å². The monoisotopic (exact) mass is 496 g/mol. The summed E-state index contributed by atoms with van der Waals surface area (Å²) in [5.41, 5.74) is 2.11. The Morgan fingerprint density at radius 1 is 1.18 bits per heavy atom. The molecule has 28 heavy (non-hydrogen) atoms. The molecule has 2 amide bonds. The van der Waals surface area contributed by atoms with Crippen molar-refractivity contribution in [2.24, 2.45) is 0 Å². The molecule has 2 aromatic carbocycles. The molecule has 6 nitrogen and oxygen atoms in total. The maximum absolute atomic E-state index is 12.3. The van der Waals surface area contributed by atoms with E-state index in [1.54, 1.807) is 18.2 Å². The minimum Gasteiger partial charge on any atom is -0.325 e. The summed E-state index contributed by atoms with van der Waals surface area (Å²) in [6, 6.07) is 12.6. The van der Waals surface area contributed by atoms with Gasteiger partial charge in [0.1, 0.15) is 0 Å². The number of aromatic nitrogens is 2. The van der Waals surface area contributed by atoms with Crippen molar-refractivity contribution in [1.29, 1.82) is 0 Å². The van der Waals surface area contributed by atoms with E-state index in [2.05, 4.69) is 36.8 Å². The molecular weight excluding hydrogens is 484 g/mol. The van der Waals surface area contributed by atoms with E-state index in [0.717, 1.165) is 15.7 Å². The van der Waals surface area contributed by atoms with E-state index in [-0.39, 0.29) is 17.6 Å². The topological polar surface area (TPSA) is 84.0 Å². The van der Waals surface area contributed by atoms with Crippen molar-refractivity contribution in [2.45, 2.75) is 11.3 Å². The van der Waals surface area contributed by atoms with Crippen LogP contribution in [0.4, 0.5) is 10.8 Å². The van der Waals surface area contributed by atoms with Crippen LogP contribution in [0.2, 0.25) is 5.02 Å². The fraction of sp³-hybridized carbons (Fsp3) is 0.111. The third-order valence-electron chi connectivity index (χ3n) is 3.55. The number of amides is 2. The van der Waals surface area contributed by atoms with Gasteiger partial charge in [-0.25, -0.2) is 0 Å². The molecule has 0 aliphatic rings. The molecule has 10 heteroatoms. The largest absolute Gasteiger partial charge is 0.325 e. The van der Waals surface area contributed by atoms with Gasteiger partial charge in [-0.2, -0.15) is 0 Å². The molecule has 0 spiro atoms. The minimum atomic E-state index is -0.378. The molecule has 0 aliphatic carbocycles. The van der Waals surface area contributed by atoms with Crippen LogP contribution in [0.1, 0.15) is 15.9 Å². The van der Waals surface area contributed by atoms with Crippen LogP contribution in [-0.2, 0) is 4.79 Å². The molecule has 3 aromatic rings. The number of hydrogen-bond donors (Lipinski definition) is 2. The summed E-state index contributed by atoms with van der Waals surface area (Å²) >= 11 is 11.8. The van der Waals surface area contributed by atoms with E-state index in [0.29, 0.717) is 20.1 Å². The van der Waals surface area contributed by atoms with E-state index in [4.69, 9.17) is 11.6 Å². The second kappa shape index (κ2) is 9.51. The summed E-state index contributed by atoms with van der Waals surface area (Å²) in [5, 5.41) is 14.1. The van der Waals surface area contributed by atoms with Crippen molar-refractivity contribution >= 4 is 73.3 Å². The fourth-order valence-electron chi connectivity index (χ4n) is 2.18. The third-order valence-corrected chi connectivity index (χ3v) is 6.34. The van der Waals surface area contributed by atoms with Crippen LogP contribution < -0.4 is 10.6 Å². The Kier molecular flexibility index (Phi) is 7.06. The summed E-state index contributed by atoms with van der Waals surface area (Å²) in [7, 11) is 0. The van der Waals surface area contributed by atoms with Gasteiger partial charge in [0.2, 0.25) is 11.0 Å². The van der Waals surface area contributed by atoms with Gasteiger partial charge in [-0.3, -0.25) is 14.9 Å². The zero-order valence-corrected chi connectivity index (χ0v) is 18.5. The Labute approximate surface area is 183 Å². The average Bonchev–Trinajstić information content (AvgIpc) is 3.11. The summed E-state index contributed by atoms with van der Waals surface area (Å²) < 4.78 is 1.32. The molecule has 0 radical (unpaired) electrons.